The number of rotatable bonds is 4. The van der Waals surface area contributed by atoms with Gasteiger partial charge in [0, 0.05) is 18.5 Å². The summed E-state index contributed by atoms with van der Waals surface area (Å²) in [7, 11) is -3.13. The zero-order valence-electron chi connectivity index (χ0n) is 8.77. The van der Waals surface area contributed by atoms with E-state index in [1.807, 2.05) is 0 Å². The van der Waals surface area contributed by atoms with Crippen molar-refractivity contribution >= 4 is 15.5 Å². The van der Waals surface area contributed by atoms with E-state index in [0.29, 0.717) is 11.4 Å². The van der Waals surface area contributed by atoms with Crippen LogP contribution in [-0.4, -0.2) is 32.4 Å². The summed E-state index contributed by atoms with van der Waals surface area (Å²) in [5, 5.41) is 12.0. The van der Waals surface area contributed by atoms with Crippen LogP contribution in [0, 0.1) is 0 Å². The van der Waals surface area contributed by atoms with Gasteiger partial charge in [0.05, 0.1) is 11.0 Å². The smallest absolute Gasteiger partial charge is 0.175 e. The first-order valence-corrected chi connectivity index (χ1v) is 6.51. The molecule has 1 aromatic carbocycles. The maximum absolute atomic E-state index is 11.1. The lowest BCUT2D eigenvalue weighted by Crippen LogP contribution is -2.15. The quantitative estimate of drug-likeness (QED) is 0.804. The van der Waals surface area contributed by atoms with E-state index in [2.05, 4.69) is 5.32 Å². The number of benzene rings is 1. The van der Waals surface area contributed by atoms with Crippen molar-refractivity contribution in [3.05, 3.63) is 24.3 Å². The lowest BCUT2D eigenvalue weighted by atomic mass is 10.3. The van der Waals surface area contributed by atoms with Gasteiger partial charge in [-0.3, -0.25) is 0 Å². The molecule has 2 N–H and O–H groups in total. The standard InChI is InChI=1S/C10H15NO3S/c1-8(12)7-11-9-3-5-10(6-4-9)15(2,13)14/h3-6,8,11-12H,7H2,1-2H3/t8-/m0/s1. The molecule has 0 amide bonds. The summed E-state index contributed by atoms with van der Waals surface area (Å²) in [6, 6.07) is 6.44. The van der Waals surface area contributed by atoms with E-state index in [0.717, 1.165) is 5.69 Å². The maximum Gasteiger partial charge on any atom is 0.175 e. The van der Waals surface area contributed by atoms with E-state index in [4.69, 9.17) is 5.11 Å². The summed E-state index contributed by atoms with van der Waals surface area (Å²) in [5.74, 6) is 0. The molecule has 0 aliphatic rings. The molecule has 0 fully saturated rings. The van der Waals surface area contributed by atoms with Crippen molar-refractivity contribution in [2.75, 3.05) is 18.1 Å². The Morgan fingerprint density at radius 2 is 1.87 bits per heavy atom. The maximum atomic E-state index is 11.1. The van der Waals surface area contributed by atoms with Gasteiger partial charge in [-0.2, -0.15) is 0 Å². The number of aliphatic hydroxyl groups is 1. The van der Waals surface area contributed by atoms with Crippen molar-refractivity contribution in [1.29, 1.82) is 0 Å². The van der Waals surface area contributed by atoms with Gasteiger partial charge in [-0.1, -0.05) is 0 Å². The van der Waals surface area contributed by atoms with Gasteiger partial charge in [0.1, 0.15) is 0 Å². The van der Waals surface area contributed by atoms with Gasteiger partial charge in [0.25, 0.3) is 0 Å². The molecular formula is C10H15NO3S. The summed E-state index contributed by atoms with van der Waals surface area (Å²) < 4.78 is 22.3. The SMILES string of the molecule is C[C@H](O)CNc1ccc(S(C)(=O)=O)cc1. The second kappa shape index (κ2) is 4.63. The van der Waals surface area contributed by atoms with E-state index in [1.165, 1.54) is 6.26 Å². The largest absolute Gasteiger partial charge is 0.392 e. The van der Waals surface area contributed by atoms with Gasteiger partial charge in [-0.15, -0.1) is 0 Å². The Hall–Kier alpha value is -1.07. The number of hydrogen-bond donors (Lipinski definition) is 2. The lowest BCUT2D eigenvalue weighted by molar-refractivity contribution is 0.208. The molecule has 1 aromatic rings. The summed E-state index contributed by atoms with van der Waals surface area (Å²) in [6.45, 7) is 2.12. The molecule has 4 nitrogen and oxygen atoms in total. The molecule has 0 aromatic heterocycles. The van der Waals surface area contributed by atoms with Crippen LogP contribution in [-0.2, 0) is 9.84 Å². The van der Waals surface area contributed by atoms with Gasteiger partial charge in [-0.05, 0) is 31.2 Å². The third-order valence-electron chi connectivity index (χ3n) is 1.88. The molecule has 0 radical (unpaired) electrons. The first-order valence-electron chi connectivity index (χ1n) is 4.61. The third-order valence-corrected chi connectivity index (χ3v) is 3.01. The van der Waals surface area contributed by atoms with E-state index < -0.39 is 15.9 Å². The van der Waals surface area contributed by atoms with Crippen molar-refractivity contribution < 1.29 is 13.5 Å². The van der Waals surface area contributed by atoms with E-state index in [1.54, 1.807) is 31.2 Å². The molecule has 84 valence electrons. The lowest BCUT2D eigenvalue weighted by Gasteiger charge is -2.08. The van der Waals surface area contributed by atoms with Gasteiger partial charge in [0.2, 0.25) is 0 Å². The van der Waals surface area contributed by atoms with Crippen LogP contribution >= 0.6 is 0 Å². The highest BCUT2D eigenvalue weighted by molar-refractivity contribution is 7.90. The van der Waals surface area contributed by atoms with Crippen LogP contribution < -0.4 is 5.32 Å². The van der Waals surface area contributed by atoms with E-state index in [-0.39, 0.29) is 0 Å². The Bertz CT molecular complexity index is 409. The molecule has 0 heterocycles. The molecule has 0 bridgehead atoms. The summed E-state index contributed by atoms with van der Waals surface area (Å²) >= 11 is 0. The average Bonchev–Trinajstić information content (AvgIpc) is 2.14. The zero-order chi connectivity index (χ0) is 11.5. The van der Waals surface area contributed by atoms with Crippen molar-refractivity contribution in [3.8, 4) is 0 Å². The number of aliphatic hydroxyl groups excluding tert-OH is 1. The van der Waals surface area contributed by atoms with Crippen LogP contribution in [0.2, 0.25) is 0 Å². The minimum atomic E-state index is -3.13. The summed E-state index contributed by atoms with van der Waals surface area (Å²) in [4.78, 5) is 0.296. The Labute approximate surface area is 89.9 Å². The van der Waals surface area contributed by atoms with Crippen molar-refractivity contribution in [3.63, 3.8) is 0 Å². The molecule has 5 heteroatoms. The molecule has 0 saturated heterocycles. The average molecular weight is 229 g/mol. The van der Waals surface area contributed by atoms with Gasteiger partial charge >= 0.3 is 0 Å². The monoisotopic (exact) mass is 229 g/mol. The Kier molecular flexibility index (Phi) is 3.71. The van der Waals surface area contributed by atoms with Crippen LogP contribution in [0.4, 0.5) is 5.69 Å². The molecule has 15 heavy (non-hydrogen) atoms. The number of hydrogen-bond acceptors (Lipinski definition) is 4. The molecule has 0 saturated carbocycles. The summed E-state index contributed by atoms with van der Waals surface area (Å²) in [6.07, 6.45) is 0.741. The number of sulfone groups is 1. The second-order valence-electron chi connectivity index (χ2n) is 3.53. The zero-order valence-corrected chi connectivity index (χ0v) is 9.58. The summed E-state index contributed by atoms with van der Waals surface area (Å²) in [5.41, 5.74) is 0.795. The van der Waals surface area contributed by atoms with Crippen molar-refractivity contribution in [2.24, 2.45) is 0 Å². The van der Waals surface area contributed by atoms with Crippen molar-refractivity contribution in [2.45, 2.75) is 17.9 Å². The molecule has 0 unspecified atom stereocenters. The molecule has 0 spiro atoms. The first-order chi connectivity index (χ1) is 6.89. The Balaban J connectivity index is 2.73. The fourth-order valence-electron chi connectivity index (χ4n) is 1.09. The Morgan fingerprint density at radius 1 is 1.33 bits per heavy atom. The van der Waals surface area contributed by atoms with Crippen LogP contribution in [0.15, 0.2) is 29.2 Å². The fraction of sp³-hybridized carbons (Fsp3) is 0.400. The molecule has 1 atom stereocenters. The second-order valence-corrected chi connectivity index (χ2v) is 5.54. The Morgan fingerprint density at radius 3 is 2.27 bits per heavy atom. The first kappa shape index (κ1) is 12.0. The normalized spacial score (nSPS) is 13.5. The van der Waals surface area contributed by atoms with Gasteiger partial charge < -0.3 is 10.4 Å². The minimum Gasteiger partial charge on any atom is -0.392 e. The molecule has 1 rings (SSSR count). The van der Waals surface area contributed by atoms with Gasteiger partial charge in [0.15, 0.2) is 9.84 Å². The van der Waals surface area contributed by atoms with Crippen LogP contribution in [0.5, 0.6) is 0 Å². The molecule has 0 aliphatic heterocycles. The topological polar surface area (TPSA) is 66.4 Å². The molecular weight excluding hydrogens is 214 g/mol. The van der Waals surface area contributed by atoms with Crippen LogP contribution in [0.1, 0.15) is 6.92 Å². The third kappa shape index (κ3) is 3.89. The predicted molar refractivity (Wildman–Crippen MR) is 59.7 cm³/mol. The minimum absolute atomic E-state index is 0.296. The fourth-order valence-corrected chi connectivity index (χ4v) is 1.72. The van der Waals surface area contributed by atoms with E-state index in [9.17, 15) is 8.42 Å². The van der Waals surface area contributed by atoms with Crippen LogP contribution in [0.3, 0.4) is 0 Å². The van der Waals surface area contributed by atoms with Gasteiger partial charge in [-0.25, -0.2) is 8.42 Å². The van der Waals surface area contributed by atoms with Crippen LogP contribution in [0.25, 0.3) is 0 Å². The predicted octanol–water partition coefficient (Wildman–Crippen LogP) is 0.883. The van der Waals surface area contributed by atoms with E-state index >= 15 is 0 Å². The van der Waals surface area contributed by atoms with Crippen molar-refractivity contribution in [1.82, 2.24) is 0 Å². The number of nitrogens with one attached hydrogen (secondary N) is 1. The number of anilines is 1. The molecule has 0 aliphatic carbocycles. The highest BCUT2D eigenvalue weighted by Crippen LogP contribution is 2.13. The highest BCUT2D eigenvalue weighted by Gasteiger charge is 2.05. The highest BCUT2D eigenvalue weighted by atomic mass is 32.2.